The number of aromatic nitrogens is 2. The van der Waals surface area contributed by atoms with E-state index in [0.717, 1.165) is 37.1 Å². The summed E-state index contributed by atoms with van der Waals surface area (Å²) in [7, 11) is 0. The Hall–Kier alpha value is -2.10. The third kappa shape index (κ3) is 2.71. The molecule has 0 bridgehead atoms. The van der Waals surface area contributed by atoms with Crippen LogP contribution in [0.5, 0.6) is 0 Å². The number of aliphatic carboxylic acids is 1. The van der Waals surface area contributed by atoms with Crippen LogP contribution in [0.2, 0.25) is 0 Å². The topological polar surface area (TPSA) is 55.1 Å². The van der Waals surface area contributed by atoms with Crippen LogP contribution in [0.4, 0.5) is 0 Å². The predicted molar refractivity (Wildman–Crippen MR) is 81.0 cm³/mol. The van der Waals surface area contributed by atoms with Gasteiger partial charge < -0.3 is 9.67 Å². The summed E-state index contributed by atoms with van der Waals surface area (Å²) in [5, 5.41) is 9.10. The van der Waals surface area contributed by atoms with Crippen LogP contribution in [0.1, 0.15) is 37.3 Å². The average Bonchev–Trinajstić information content (AvgIpc) is 2.97. The summed E-state index contributed by atoms with van der Waals surface area (Å²) in [6, 6.07) is 8.61. The molecule has 3 rings (SSSR count). The van der Waals surface area contributed by atoms with Crippen molar-refractivity contribution in [1.29, 1.82) is 0 Å². The van der Waals surface area contributed by atoms with Crippen LogP contribution in [0, 0.1) is 12.8 Å². The van der Waals surface area contributed by atoms with E-state index in [1.807, 2.05) is 24.5 Å². The third-order valence-electron chi connectivity index (χ3n) is 4.49. The van der Waals surface area contributed by atoms with E-state index in [-0.39, 0.29) is 5.92 Å². The fourth-order valence-electron chi connectivity index (χ4n) is 3.24. The molecule has 0 atom stereocenters. The number of carbonyl (C=O) groups is 1. The van der Waals surface area contributed by atoms with Crippen LogP contribution in [0.25, 0.3) is 11.4 Å². The molecule has 4 heteroatoms. The zero-order valence-electron chi connectivity index (χ0n) is 12.2. The van der Waals surface area contributed by atoms with Gasteiger partial charge in [0.25, 0.3) is 0 Å². The van der Waals surface area contributed by atoms with Crippen molar-refractivity contribution in [2.24, 2.45) is 5.92 Å². The molecule has 1 saturated carbocycles. The zero-order valence-corrected chi connectivity index (χ0v) is 12.2. The average molecular weight is 284 g/mol. The Morgan fingerprint density at radius 2 is 1.95 bits per heavy atom. The first-order chi connectivity index (χ1) is 10.2. The molecule has 0 aliphatic heterocycles. The monoisotopic (exact) mass is 284 g/mol. The standard InChI is InChI=1S/C17H20N2O2/c1-12-4-2-3-5-15(12)16-18-10-11-19(16)14-8-6-13(7-9-14)17(20)21/h2-5,10-11,13-14H,6-9H2,1H3,(H,20,21). The smallest absolute Gasteiger partial charge is 0.306 e. The molecule has 0 unspecified atom stereocenters. The van der Waals surface area contributed by atoms with E-state index < -0.39 is 5.97 Å². The summed E-state index contributed by atoms with van der Waals surface area (Å²) >= 11 is 0. The molecule has 0 spiro atoms. The SMILES string of the molecule is Cc1ccccc1-c1nccn1C1CCC(C(=O)O)CC1. The fourth-order valence-corrected chi connectivity index (χ4v) is 3.24. The fraction of sp³-hybridized carbons (Fsp3) is 0.412. The maximum atomic E-state index is 11.1. The van der Waals surface area contributed by atoms with Gasteiger partial charge in [0.05, 0.1) is 5.92 Å². The minimum absolute atomic E-state index is 0.174. The Balaban J connectivity index is 1.84. The molecular weight excluding hydrogens is 264 g/mol. The van der Waals surface area contributed by atoms with Crippen LogP contribution in [0.15, 0.2) is 36.7 Å². The zero-order chi connectivity index (χ0) is 14.8. The molecule has 21 heavy (non-hydrogen) atoms. The highest BCUT2D eigenvalue weighted by Gasteiger charge is 2.27. The van der Waals surface area contributed by atoms with Crippen molar-refractivity contribution in [3.8, 4) is 11.4 Å². The Morgan fingerprint density at radius 1 is 1.24 bits per heavy atom. The highest BCUT2D eigenvalue weighted by Crippen LogP contribution is 2.35. The molecule has 1 aromatic carbocycles. The van der Waals surface area contributed by atoms with Crippen molar-refractivity contribution in [2.45, 2.75) is 38.6 Å². The molecule has 1 aliphatic carbocycles. The third-order valence-corrected chi connectivity index (χ3v) is 4.49. The molecule has 1 aliphatic rings. The molecule has 1 aromatic heterocycles. The van der Waals surface area contributed by atoms with Crippen molar-refractivity contribution in [1.82, 2.24) is 9.55 Å². The van der Waals surface area contributed by atoms with Crippen molar-refractivity contribution >= 4 is 5.97 Å². The van der Waals surface area contributed by atoms with Crippen molar-refractivity contribution in [3.05, 3.63) is 42.2 Å². The normalized spacial score (nSPS) is 22.1. The molecule has 0 amide bonds. The Labute approximate surface area is 124 Å². The van der Waals surface area contributed by atoms with Crippen LogP contribution in [-0.4, -0.2) is 20.6 Å². The molecule has 4 nitrogen and oxygen atoms in total. The quantitative estimate of drug-likeness (QED) is 0.935. The van der Waals surface area contributed by atoms with Crippen molar-refractivity contribution < 1.29 is 9.90 Å². The largest absolute Gasteiger partial charge is 0.481 e. The molecule has 1 fully saturated rings. The minimum Gasteiger partial charge on any atom is -0.481 e. The van der Waals surface area contributed by atoms with Gasteiger partial charge in [0, 0.05) is 24.0 Å². The van der Waals surface area contributed by atoms with Crippen LogP contribution >= 0.6 is 0 Å². The van der Waals surface area contributed by atoms with Gasteiger partial charge in [-0.05, 0) is 38.2 Å². The van der Waals surface area contributed by atoms with Gasteiger partial charge in [0.1, 0.15) is 5.82 Å². The van der Waals surface area contributed by atoms with Gasteiger partial charge in [-0.1, -0.05) is 24.3 Å². The number of nitrogens with zero attached hydrogens (tertiary/aromatic N) is 2. The van der Waals surface area contributed by atoms with Gasteiger partial charge in [0.15, 0.2) is 0 Å². The Morgan fingerprint density at radius 3 is 2.62 bits per heavy atom. The number of hydrogen-bond donors (Lipinski definition) is 1. The van der Waals surface area contributed by atoms with Crippen molar-refractivity contribution in [2.75, 3.05) is 0 Å². The van der Waals surface area contributed by atoms with E-state index in [1.54, 1.807) is 0 Å². The lowest BCUT2D eigenvalue weighted by molar-refractivity contribution is -0.143. The lowest BCUT2D eigenvalue weighted by Gasteiger charge is -2.28. The first kappa shape index (κ1) is 13.9. The molecule has 1 N–H and O–H groups in total. The lowest BCUT2D eigenvalue weighted by Crippen LogP contribution is -2.23. The Kier molecular flexibility index (Phi) is 3.78. The van der Waals surface area contributed by atoms with Gasteiger partial charge >= 0.3 is 5.97 Å². The first-order valence-corrected chi connectivity index (χ1v) is 7.48. The summed E-state index contributed by atoms with van der Waals surface area (Å²) in [4.78, 5) is 15.6. The van der Waals surface area contributed by atoms with Gasteiger partial charge in [-0.25, -0.2) is 4.98 Å². The number of carboxylic acid groups (broad SMARTS) is 1. The van der Waals surface area contributed by atoms with Gasteiger partial charge in [-0.15, -0.1) is 0 Å². The second-order valence-electron chi connectivity index (χ2n) is 5.82. The number of aryl methyl sites for hydroxylation is 1. The summed E-state index contributed by atoms with van der Waals surface area (Å²) < 4.78 is 2.22. The van der Waals surface area contributed by atoms with Gasteiger partial charge in [-0.2, -0.15) is 0 Å². The minimum atomic E-state index is -0.654. The van der Waals surface area contributed by atoms with Crippen molar-refractivity contribution in [3.63, 3.8) is 0 Å². The summed E-state index contributed by atoms with van der Waals surface area (Å²) in [6.45, 7) is 2.09. The number of hydrogen-bond acceptors (Lipinski definition) is 2. The number of imidazole rings is 1. The van der Waals surface area contributed by atoms with E-state index in [9.17, 15) is 4.79 Å². The molecule has 0 radical (unpaired) electrons. The van der Waals surface area contributed by atoms with E-state index in [2.05, 4.69) is 28.6 Å². The lowest BCUT2D eigenvalue weighted by atomic mass is 9.86. The second kappa shape index (κ2) is 5.72. The Bertz CT molecular complexity index is 640. The first-order valence-electron chi connectivity index (χ1n) is 7.48. The predicted octanol–water partition coefficient (Wildman–Crippen LogP) is 3.67. The van der Waals surface area contributed by atoms with Gasteiger partial charge in [-0.3, -0.25) is 4.79 Å². The number of rotatable bonds is 3. The van der Waals surface area contributed by atoms with Gasteiger partial charge in [0.2, 0.25) is 0 Å². The molecule has 1 heterocycles. The maximum absolute atomic E-state index is 11.1. The number of benzene rings is 1. The van der Waals surface area contributed by atoms with Crippen LogP contribution in [-0.2, 0) is 4.79 Å². The van der Waals surface area contributed by atoms with E-state index in [4.69, 9.17) is 5.11 Å². The van der Waals surface area contributed by atoms with E-state index in [1.165, 1.54) is 5.56 Å². The van der Waals surface area contributed by atoms with Crippen LogP contribution in [0.3, 0.4) is 0 Å². The molecule has 110 valence electrons. The van der Waals surface area contributed by atoms with Crippen LogP contribution < -0.4 is 0 Å². The molecular formula is C17H20N2O2. The summed E-state index contributed by atoms with van der Waals surface area (Å²) in [6.07, 6.45) is 7.19. The second-order valence-corrected chi connectivity index (χ2v) is 5.82. The maximum Gasteiger partial charge on any atom is 0.306 e. The van der Waals surface area contributed by atoms with E-state index >= 15 is 0 Å². The number of carboxylic acids is 1. The highest BCUT2D eigenvalue weighted by molar-refractivity contribution is 5.70. The highest BCUT2D eigenvalue weighted by atomic mass is 16.4. The summed E-state index contributed by atoms with van der Waals surface area (Å²) in [5.41, 5.74) is 2.37. The molecule has 2 aromatic rings. The summed E-state index contributed by atoms with van der Waals surface area (Å²) in [5.74, 6) is 0.164. The van der Waals surface area contributed by atoms with E-state index in [0.29, 0.717) is 6.04 Å². The molecule has 0 saturated heterocycles.